The van der Waals surface area contributed by atoms with Crippen LogP contribution < -0.4 is 0 Å². The average Bonchev–Trinajstić information content (AvgIpc) is 2.28. The van der Waals surface area contributed by atoms with Crippen molar-refractivity contribution < 1.29 is 9.90 Å². The van der Waals surface area contributed by atoms with Gasteiger partial charge in [-0.25, -0.2) is 0 Å². The molecule has 0 heterocycles. The molecule has 0 spiro atoms. The predicted octanol–water partition coefficient (Wildman–Crippen LogP) is 4.04. The lowest BCUT2D eigenvalue weighted by Gasteiger charge is -2.12. The first-order valence-electron chi connectivity index (χ1n) is 5.71. The van der Waals surface area contributed by atoms with Gasteiger partial charge in [0, 0.05) is 5.02 Å². The second-order valence-electron chi connectivity index (χ2n) is 3.78. The minimum absolute atomic E-state index is 0.439. The molecule has 0 aliphatic rings. The average molecular weight is 273 g/mol. The molecule has 1 atom stereocenters. The smallest absolute Gasteiger partial charge is 0.310 e. The molecule has 1 aromatic rings. The second-order valence-corrected chi connectivity index (χ2v) is 5.62. The van der Waals surface area contributed by atoms with Crippen LogP contribution in [-0.4, -0.2) is 22.6 Å². The Hall–Kier alpha value is -0.670. The molecule has 0 fully saturated rings. The molecule has 1 unspecified atom stereocenters. The Balaban J connectivity index is 2.63. The molecule has 0 radical (unpaired) electrons. The Morgan fingerprint density at radius 2 is 2.29 bits per heavy atom. The fourth-order valence-corrected chi connectivity index (χ4v) is 2.55. The van der Waals surface area contributed by atoms with Crippen molar-refractivity contribution in [2.24, 2.45) is 0 Å². The van der Waals surface area contributed by atoms with Crippen LogP contribution in [0.15, 0.2) is 24.3 Å². The molecule has 0 amide bonds. The molecule has 0 saturated carbocycles. The van der Waals surface area contributed by atoms with Crippen molar-refractivity contribution in [2.75, 3.05) is 11.5 Å². The van der Waals surface area contributed by atoms with Gasteiger partial charge in [0.2, 0.25) is 0 Å². The number of carboxylic acids is 1. The fraction of sp³-hybridized carbons (Fsp3) is 0.462. The zero-order chi connectivity index (χ0) is 12.7. The first-order chi connectivity index (χ1) is 8.15. The van der Waals surface area contributed by atoms with Crippen molar-refractivity contribution in [1.82, 2.24) is 0 Å². The molecule has 4 heteroatoms. The van der Waals surface area contributed by atoms with Crippen LogP contribution in [-0.2, 0) is 4.79 Å². The van der Waals surface area contributed by atoms with Crippen LogP contribution in [0.4, 0.5) is 0 Å². The molecule has 0 aromatic heterocycles. The van der Waals surface area contributed by atoms with E-state index in [-0.39, 0.29) is 0 Å². The zero-order valence-electron chi connectivity index (χ0n) is 9.86. The fourth-order valence-electron chi connectivity index (χ4n) is 1.69. The van der Waals surface area contributed by atoms with Gasteiger partial charge in [-0.15, -0.1) is 0 Å². The summed E-state index contributed by atoms with van der Waals surface area (Å²) >= 11 is 7.72. The van der Waals surface area contributed by atoms with E-state index in [4.69, 9.17) is 11.6 Å². The second kappa shape index (κ2) is 7.62. The molecule has 1 aromatic carbocycles. The summed E-state index contributed by atoms with van der Waals surface area (Å²) in [5.74, 6) is 0.885. The zero-order valence-corrected chi connectivity index (χ0v) is 11.4. The number of rotatable bonds is 7. The van der Waals surface area contributed by atoms with Gasteiger partial charge in [0.25, 0.3) is 0 Å². The molecular formula is C13H17ClO2S. The van der Waals surface area contributed by atoms with Gasteiger partial charge in [-0.1, -0.05) is 30.7 Å². The van der Waals surface area contributed by atoms with E-state index in [0.29, 0.717) is 11.4 Å². The van der Waals surface area contributed by atoms with Gasteiger partial charge in [-0.2, -0.15) is 11.8 Å². The standard InChI is InChI=1S/C13H17ClO2S/c1-2-17-8-4-7-12(13(15)16)10-5-3-6-11(14)9-10/h3,5-6,9,12H,2,4,7-8H2,1H3,(H,15,16). The molecule has 94 valence electrons. The Labute approximate surface area is 111 Å². The van der Waals surface area contributed by atoms with E-state index in [0.717, 1.165) is 23.5 Å². The molecule has 0 bridgehead atoms. The normalized spacial score (nSPS) is 12.4. The summed E-state index contributed by atoms with van der Waals surface area (Å²) in [4.78, 5) is 11.2. The van der Waals surface area contributed by atoms with E-state index < -0.39 is 11.9 Å². The predicted molar refractivity (Wildman–Crippen MR) is 74.1 cm³/mol. The van der Waals surface area contributed by atoms with Crippen LogP contribution in [0.2, 0.25) is 5.02 Å². The molecule has 17 heavy (non-hydrogen) atoms. The van der Waals surface area contributed by atoms with Crippen molar-refractivity contribution in [3.05, 3.63) is 34.9 Å². The number of hydrogen-bond acceptors (Lipinski definition) is 2. The van der Waals surface area contributed by atoms with Gasteiger partial charge in [0.05, 0.1) is 5.92 Å². The summed E-state index contributed by atoms with van der Waals surface area (Å²) in [6, 6.07) is 7.14. The lowest BCUT2D eigenvalue weighted by molar-refractivity contribution is -0.139. The van der Waals surface area contributed by atoms with Gasteiger partial charge in [-0.05, 0) is 42.0 Å². The van der Waals surface area contributed by atoms with Crippen molar-refractivity contribution in [2.45, 2.75) is 25.7 Å². The lowest BCUT2D eigenvalue weighted by atomic mass is 9.95. The third kappa shape index (κ3) is 5.00. The number of hydrogen-bond donors (Lipinski definition) is 1. The number of aliphatic carboxylic acids is 1. The van der Waals surface area contributed by atoms with Crippen molar-refractivity contribution >= 4 is 29.3 Å². The summed E-state index contributed by atoms with van der Waals surface area (Å²) in [6.45, 7) is 2.11. The molecule has 0 aliphatic heterocycles. The largest absolute Gasteiger partial charge is 0.481 e. The maximum Gasteiger partial charge on any atom is 0.310 e. The maximum absolute atomic E-state index is 11.2. The van der Waals surface area contributed by atoms with Gasteiger partial charge in [0.1, 0.15) is 0 Å². The van der Waals surface area contributed by atoms with E-state index in [9.17, 15) is 9.90 Å². The van der Waals surface area contributed by atoms with Crippen LogP contribution >= 0.6 is 23.4 Å². The Kier molecular flexibility index (Phi) is 6.45. The third-order valence-corrected chi connectivity index (χ3v) is 3.76. The van der Waals surface area contributed by atoms with Gasteiger partial charge < -0.3 is 5.11 Å². The minimum Gasteiger partial charge on any atom is -0.481 e. The van der Waals surface area contributed by atoms with E-state index >= 15 is 0 Å². The van der Waals surface area contributed by atoms with Gasteiger partial charge >= 0.3 is 5.97 Å². The molecule has 1 N–H and O–H groups in total. The quantitative estimate of drug-likeness (QED) is 0.761. The Morgan fingerprint density at radius 3 is 2.88 bits per heavy atom. The van der Waals surface area contributed by atoms with Crippen LogP contribution in [0.3, 0.4) is 0 Å². The summed E-state index contributed by atoms with van der Waals surface area (Å²) in [6.07, 6.45) is 1.59. The lowest BCUT2D eigenvalue weighted by Crippen LogP contribution is -2.12. The summed E-state index contributed by atoms with van der Waals surface area (Å²) in [7, 11) is 0. The molecule has 2 nitrogen and oxygen atoms in total. The summed E-state index contributed by atoms with van der Waals surface area (Å²) in [5, 5.41) is 9.82. The van der Waals surface area contributed by atoms with Crippen molar-refractivity contribution in [3.8, 4) is 0 Å². The number of benzene rings is 1. The van der Waals surface area contributed by atoms with Crippen molar-refractivity contribution in [3.63, 3.8) is 0 Å². The van der Waals surface area contributed by atoms with E-state index in [1.807, 2.05) is 17.8 Å². The first kappa shape index (κ1) is 14.4. The number of thioether (sulfide) groups is 1. The van der Waals surface area contributed by atoms with Gasteiger partial charge in [-0.3, -0.25) is 4.79 Å². The molecule has 1 rings (SSSR count). The van der Waals surface area contributed by atoms with Crippen LogP contribution in [0.1, 0.15) is 31.2 Å². The minimum atomic E-state index is -0.770. The molecular weight excluding hydrogens is 256 g/mol. The van der Waals surface area contributed by atoms with E-state index in [1.54, 1.807) is 18.2 Å². The number of halogens is 1. The maximum atomic E-state index is 11.2. The van der Waals surface area contributed by atoms with Crippen LogP contribution in [0.5, 0.6) is 0 Å². The highest BCUT2D eigenvalue weighted by molar-refractivity contribution is 7.99. The monoisotopic (exact) mass is 272 g/mol. The highest BCUT2D eigenvalue weighted by atomic mass is 35.5. The highest BCUT2D eigenvalue weighted by Crippen LogP contribution is 2.25. The molecule has 0 saturated heterocycles. The van der Waals surface area contributed by atoms with Crippen LogP contribution in [0.25, 0.3) is 0 Å². The Bertz CT molecular complexity index is 368. The Morgan fingerprint density at radius 1 is 1.53 bits per heavy atom. The number of carboxylic acid groups (broad SMARTS) is 1. The highest BCUT2D eigenvalue weighted by Gasteiger charge is 2.19. The number of carbonyl (C=O) groups is 1. The molecule has 0 aliphatic carbocycles. The third-order valence-electron chi connectivity index (χ3n) is 2.53. The van der Waals surface area contributed by atoms with Crippen LogP contribution in [0, 0.1) is 0 Å². The van der Waals surface area contributed by atoms with E-state index in [1.165, 1.54) is 0 Å². The van der Waals surface area contributed by atoms with E-state index in [2.05, 4.69) is 6.92 Å². The summed E-state index contributed by atoms with van der Waals surface area (Å²) < 4.78 is 0. The summed E-state index contributed by atoms with van der Waals surface area (Å²) in [5.41, 5.74) is 0.798. The topological polar surface area (TPSA) is 37.3 Å². The van der Waals surface area contributed by atoms with Gasteiger partial charge in [0.15, 0.2) is 0 Å². The van der Waals surface area contributed by atoms with Crippen molar-refractivity contribution in [1.29, 1.82) is 0 Å². The first-order valence-corrected chi connectivity index (χ1v) is 7.24. The SMILES string of the molecule is CCSCCCC(C(=O)O)c1cccc(Cl)c1.